The topological polar surface area (TPSA) is 172 Å². The first-order valence-electron chi connectivity index (χ1n) is 8.51. The number of aromatic carboxylic acids is 1. The molecule has 11 heteroatoms. The minimum Gasteiger partial charge on any atom is -0.504 e. The van der Waals surface area contributed by atoms with Gasteiger partial charge in [0.05, 0.1) is 30.9 Å². The molecule has 11 nitrogen and oxygen atoms in total. The van der Waals surface area contributed by atoms with Crippen LogP contribution in [0.2, 0.25) is 0 Å². The maximum absolute atomic E-state index is 12.3. The Hall–Kier alpha value is -3.70. The van der Waals surface area contributed by atoms with Gasteiger partial charge in [0, 0.05) is 7.11 Å². The highest BCUT2D eigenvalue weighted by atomic mass is 16.6. The van der Waals surface area contributed by atoms with E-state index in [0.29, 0.717) is 13.2 Å². The quantitative estimate of drug-likeness (QED) is 0.162. The normalized spacial score (nSPS) is 10.6. The molecular weight excluding hydrogens is 404 g/mol. The van der Waals surface area contributed by atoms with Crippen molar-refractivity contribution in [2.24, 2.45) is 0 Å². The molecule has 0 heterocycles. The molecular formula is C19H20O11. The number of rotatable bonds is 10. The van der Waals surface area contributed by atoms with Crippen molar-refractivity contribution in [1.29, 1.82) is 0 Å². The van der Waals surface area contributed by atoms with Crippen LogP contribution in [0.15, 0.2) is 24.3 Å². The van der Waals surface area contributed by atoms with E-state index in [-0.39, 0.29) is 24.5 Å². The number of hydrogen-bond donors (Lipinski definition) is 5. The first-order valence-corrected chi connectivity index (χ1v) is 8.51. The Labute approximate surface area is 170 Å². The van der Waals surface area contributed by atoms with Gasteiger partial charge < -0.3 is 44.5 Å². The number of benzene rings is 2. The molecule has 30 heavy (non-hydrogen) atoms. The van der Waals surface area contributed by atoms with E-state index in [1.165, 1.54) is 7.11 Å². The summed E-state index contributed by atoms with van der Waals surface area (Å²) in [6.07, 6.45) is 0. The van der Waals surface area contributed by atoms with Gasteiger partial charge in [0.15, 0.2) is 23.0 Å². The van der Waals surface area contributed by atoms with Gasteiger partial charge in [-0.3, -0.25) is 0 Å². The number of carboxylic acid groups (broad SMARTS) is 1. The van der Waals surface area contributed by atoms with Crippen LogP contribution in [-0.2, 0) is 9.47 Å². The summed E-state index contributed by atoms with van der Waals surface area (Å²) in [4.78, 5) is 23.3. The van der Waals surface area contributed by atoms with Crippen LogP contribution < -0.4 is 9.47 Å². The number of aromatic hydroxyl groups is 4. The lowest BCUT2D eigenvalue weighted by Crippen LogP contribution is -2.11. The molecule has 0 bridgehead atoms. The van der Waals surface area contributed by atoms with Crippen molar-refractivity contribution in [3.05, 3.63) is 35.4 Å². The molecule has 0 unspecified atom stereocenters. The molecule has 0 radical (unpaired) electrons. The summed E-state index contributed by atoms with van der Waals surface area (Å²) in [5, 5.41) is 48.4. The maximum Gasteiger partial charge on any atom is 0.343 e. The van der Waals surface area contributed by atoms with Gasteiger partial charge in [0.2, 0.25) is 11.5 Å². The van der Waals surface area contributed by atoms with Crippen LogP contribution in [-0.4, -0.2) is 71.0 Å². The van der Waals surface area contributed by atoms with Crippen molar-refractivity contribution >= 4 is 11.9 Å². The first-order chi connectivity index (χ1) is 14.2. The number of carbonyl (C=O) groups is 2. The molecule has 5 N–H and O–H groups in total. The Kier molecular flexibility index (Phi) is 7.67. The van der Waals surface area contributed by atoms with Gasteiger partial charge in [-0.15, -0.1) is 0 Å². The predicted octanol–water partition coefficient (Wildman–Crippen LogP) is 1.47. The van der Waals surface area contributed by atoms with Crippen molar-refractivity contribution < 1.29 is 54.1 Å². The Bertz CT molecular complexity index is 900. The van der Waals surface area contributed by atoms with Crippen molar-refractivity contribution in [2.45, 2.75) is 0 Å². The summed E-state index contributed by atoms with van der Waals surface area (Å²) in [5.41, 5.74) is -0.761. The lowest BCUT2D eigenvalue weighted by molar-refractivity contribution is 0.0535. The summed E-state index contributed by atoms with van der Waals surface area (Å²) < 4.78 is 20.1. The van der Waals surface area contributed by atoms with Gasteiger partial charge in [0.25, 0.3) is 0 Å². The molecule has 0 aliphatic rings. The molecule has 0 aliphatic carbocycles. The third-order valence-electron chi connectivity index (χ3n) is 3.70. The molecule has 0 amide bonds. The number of hydrogen-bond acceptors (Lipinski definition) is 10. The lowest BCUT2D eigenvalue weighted by Gasteiger charge is -2.12. The third kappa shape index (κ3) is 5.65. The SMILES string of the molecule is COCCOCCOc1c(O)cc(C(=O)Oc2cc(C(=O)O)cc(O)c2O)cc1O. The van der Waals surface area contributed by atoms with Gasteiger partial charge in [-0.1, -0.05) is 0 Å². The fourth-order valence-electron chi connectivity index (χ4n) is 2.26. The van der Waals surface area contributed by atoms with E-state index in [0.717, 1.165) is 24.3 Å². The smallest absolute Gasteiger partial charge is 0.343 e. The largest absolute Gasteiger partial charge is 0.504 e. The fraction of sp³-hybridized carbons (Fsp3) is 0.263. The molecule has 0 saturated heterocycles. The van der Waals surface area contributed by atoms with Crippen LogP contribution in [0.4, 0.5) is 0 Å². The molecule has 2 aromatic rings. The van der Waals surface area contributed by atoms with E-state index >= 15 is 0 Å². The number of phenols is 4. The second-order valence-corrected chi connectivity index (χ2v) is 5.83. The second-order valence-electron chi connectivity index (χ2n) is 5.83. The molecule has 0 aromatic heterocycles. The summed E-state index contributed by atoms with van der Waals surface area (Å²) >= 11 is 0. The minimum absolute atomic E-state index is 0.00373. The number of ether oxygens (including phenoxy) is 4. The van der Waals surface area contributed by atoms with Crippen molar-refractivity contribution in [3.63, 3.8) is 0 Å². The Morgan fingerprint density at radius 2 is 1.43 bits per heavy atom. The van der Waals surface area contributed by atoms with Gasteiger partial charge in [-0.2, -0.15) is 0 Å². The van der Waals surface area contributed by atoms with E-state index in [1.807, 2.05) is 0 Å². The third-order valence-corrected chi connectivity index (χ3v) is 3.70. The fourth-order valence-corrected chi connectivity index (χ4v) is 2.26. The van der Waals surface area contributed by atoms with Crippen molar-refractivity contribution in [2.75, 3.05) is 33.5 Å². The molecule has 0 fully saturated rings. The highest BCUT2D eigenvalue weighted by Crippen LogP contribution is 2.39. The van der Waals surface area contributed by atoms with E-state index in [4.69, 9.17) is 24.1 Å². The van der Waals surface area contributed by atoms with Crippen LogP contribution in [0, 0.1) is 0 Å². The minimum atomic E-state index is -1.43. The maximum atomic E-state index is 12.3. The van der Waals surface area contributed by atoms with Crippen LogP contribution in [0.3, 0.4) is 0 Å². The molecule has 0 spiro atoms. The van der Waals surface area contributed by atoms with Gasteiger partial charge in [-0.05, 0) is 24.3 Å². The lowest BCUT2D eigenvalue weighted by atomic mass is 10.1. The Morgan fingerprint density at radius 3 is 2.03 bits per heavy atom. The first kappa shape index (κ1) is 22.6. The van der Waals surface area contributed by atoms with E-state index in [9.17, 15) is 30.0 Å². The summed E-state index contributed by atoms with van der Waals surface area (Å²) in [6, 6.07) is 3.50. The molecule has 0 aliphatic heterocycles. The highest BCUT2D eigenvalue weighted by Gasteiger charge is 2.21. The highest BCUT2D eigenvalue weighted by molar-refractivity contribution is 5.94. The van der Waals surface area contributed by atoms with Gasteiger partial charge in [-0.25, -0.2) is 9.59 Å². The average molecular weight is 424 g/mol. The predicted molar refractivity (Wildman–Crippen MR) is 99.7 cm³/mol. The number of carboxylic acids is 1. The van der Waals surface area contributed by atoms with Crippen molar-refractivity contribution in [3.8, 4) is 34.5 Å². The number of phenolic OH excluding ortho intramolecular Hbond substituents is 4. The Balaban J connectivity index is 2.11. The monoisotopic (exact) mass is 424 g/mol. The molecule has 0 saturated carbocycles. The number of esters is 1. The zero-order chi connectivity index (χ0) is 22.3. The van der Waals surface area contributed by atoms with Crippen LogP contribution in [0.1, 0.15) is 20.7 Å². The zero-order valence-corrected chi connectivity index (χ0v) is 15.8. The summed E-state index contributed by atoms with van der Waals surface area (Å²) in [6.45, 7) is 0.905. The molecule has 0 atom stereocenters. The average Bonchev–Trinajstić information content (AvgIpc) is 2.69. The number of carbonyl (C=O) groups excluding carboxylic acids is 1. The van der Waals surface area contributed by atoms with Gasteiger partial charge >= 0.3 is 11.9 Å². The van der Waals surface area contributed by atoms with E-state index in [1.54, 1.807) is 0 Å². The van der Waals surface area contributed by atoms with E-state index in [2.05, 4.69) is 0 Å². The second kappa shape index (κ2) is 10.2. The van der Waals surface area contributed by atoms with Crippen LogP contribution in [0.5, 0.6) is 34.5 Å². The van der Waals surface area contributed by atoms with Crippen LogP contribution in [0.25, 0.3) is 0 Å². The van der Waals surface area contributed by atoms with Crippen LogP contribution >= 0.6 is 0 Å². The standard InChI is InChI=1S/C19H20O11/c1-27-2-3-28-4-5-29-17-13(21)7-11(8-14(17)22)19(26)30-15-9-10(18(24)25)6-12(20)16(15)23/h6-9,20-23H,2-5H2,1H3,(H,24,25). The van der Waals surface area contributed by atoms with Crippen molar-refractivity contribution in [1.82, 2.24) is 0 Å². The summed E-state index contributed by atoms with van der Waals surface area (Å²) in [7, 11) is 1.52. The molecule has 162 valence electrons. The zero-order valence-electron chi connectivity index (χ0n) is 15.8. The number of methoxy groups -OCH3 is 1. The van der Waals surface area contributed by atoms with E-state index < -0.39 is 46.2 Å². The summed E-state index contributed by atoms with van der Waals surface area (Å²) in [5.74, 6) is -6.26. The Morgan fingerprint density at radius 1 is 0.833 bits per heavy atom. The molecule has 2 rings (SSSR count). The molecule has 2 aromatic carbocycles. The van der Waals surface area contributed by atoms with Gasteiger partial charge in [0.1, 0.15) is 6.61 Å².